The summed E-state index contributed by atoms with van der Waals surface area (Å²) >= 11 is 0. The third-order valence-electron chi connectivity index (χ3n) is 5.99. The zero-order chi connectivity index (χ0) is 27.5. The lowest BCUT2D eigenvalue weighted by Gasteiger charge is -2.24. The van der Waals surface area contributed by atoms with Crippen LogP contribution in [0.15, 0.2) is 79.4 Å². The van der Waals surface area contributed by atoms with Crippen LogP contribution in [0.25, 0.3) is 11.1 Å². The summed E-state index contributed by atoms with van der Waals surface area (Å²) in [4.78, 5) is 39.6. The van der Waals surface area contributed by atoms with E-state index < -0.39 is 5.97 Å². The minimum atomic E-state index is -0.997. The highest BCUT2D eigenvalue weighted by Crippen LogP contribution is 2.29. The molecule has 0 radical (unpaired) electrons. The summed E-state index contributed by atoms with van der Waals surface area (Å²) in [6.07, 6.45) is 1.85. The number of nitrogens with one attached hydrogen (secondary N) is 1. The first-order valence-corrected chi connectivity index (χ1v) is 12.2. The Morgan fingerprint density at radius 2 is 1.47 bits per heavy atom. The second-order valence-corrected chi connectivity index (χ2v) is 8.50. The normalized spacial score (nSPS) is 10.4. The summed E-state index contributed by atoms with van der Waals surface area (Å²) < 4.78 is 10.7. The van der Waals surface area contributed by atoms with Crippen molar-refractivity contribution < 1.29 is 29.0 Å². The minimum Gasteiger partial charge on any atom is -0.497 e. The van der Waals surface area contributed by atoms with Gasteiger partial charge in [-0.2, -0.15) is 0 Å². The van der Waals surface area contributed by atoms with Crippen LogP contribution in [0.4, 0.5) is 0 Å². The Labute approximate surface area is 222 Å². The molecule has 0 aliphatic rings. The highest BCUT2D eigenvalue weighted by Gasteiger charge is 2.22. The van der Waals surface area contributed by atoms with E-state index in [9.17, 15) is 19.5 Å². The summed E-state index contributed by atoms with van der Waals surface area (Å²) in [5.41, 5.74) is 2.88. The molecule has 0 saturated heterocycles. The number of carboxylic acid groups (broad SMARTS) is 1. The van der Waals surface area contributed by atoms with Crippen LogP contribution in [0.1, 0.15) is 32.7 Å². The second-order valence-electron chi connectivity index (χ2n) is 8.50. The third-order valence-corrected chi connectivity index (χ3v) is 5.99. The van der Waals surface area contributed by atoms with Crippen LogP contribution in [-0.4, -0.2) is 61.6 Å². The van der Waals surface area contributed by atoms with Crippen molar-refractivity contribution in [2.45, 2.75) is 12.8 Å². The van der Waals surface area contributed by atoms with Crippen molar-refractivity contribution in [1.82, 2.24) is 10.2 Å². The molecule has 0 aliphatic carbocycles. The van der Waals surface area contributed by atoms with E-state index >= 15 is 0 Å². The maximum atomic E-state index is 13.8. The minimum absolute atomic E-state index is 0.0328. The van der Waals surface area contributed by atoms with Gasteiger partial charge in [-0.05, 0) is 47.4 Å². The fourth-order valence-corrected chi connectivity index (χ4v) is 4.07. The molecule has 0 unspecified atom stereocenters. The molecule has 3 aromatic rings. The molecule has 0 aliphatic heterocycles. The van der Waals surface area contributed by atoms with Crippen molar-refractivity contribution in [3.63, 3.8) is 0 Å². The first kappa shape index (κ1) is 28.0. The molecular weight excluding hydrogens is 484 g/mol. The molecule has 3 aromatic carbocycles. The molecule has 0 saturated carbocycles. The average Bonchev–Trinajstić information content (AvgIpc) is 2.95. The van der Waals surface area contributed by atoms with E-state index in [0.29, 0.717) is 46.7 Å². The zero-order valence-corrected chi connectivity index (χ0v) is 21.6. The molecule has 0 spiro atoms. The van der Waals surface area contributed by atoms with E-state index in [4.69, 9.17) is 9.47 Å². The number of carbonyl (C=O) groups is 3. The van der Waals surface area contributed by atoms with Gasteiger partial charge in [0.15, 0.2) is 0 Å². The molecule has 2 amide bonds. The molecule has 0 heterocycles. The van der Waals surface area contributed by atoms with Gasteiger partial charge in [-0.3, -0.25) is 14.4 Å². The number of carbonyl (C=O) groups excluding carboxylic acids is 2. The first-order valence-electron chi connectivity index (χ1n) is 12.2. The summed E-state index contributed by atoms with van der Waals surface area (Å²) in [6.45, 7) is 4.25. The van der Waals surface area contributed by atoms with Gasteiger partial charge in [-0.1, -0.05) is 42.5 Å². The summed E-state index contributed by atoms with van der Waals surface area (Å²) in [5, 5.41) is 12.1. The smallest absolute Gasteiger partial charge is 0.305 e. The Bertz CT molecular complexity index is 1280. The van der Waals surface area contributed by atoms with Crippen LogP contribution in [0.2, 0.25) is 0 Å². The molecule has 8 nitrogen and oxygen atoms in total. The van der Waals surface area contributed by atoms with E-state index in [0.717, 1.165) is 5.56 Å². The predicted octanol–water partition coefficient (Wildman–Crippen LogP) is 4.45. The molecule has 0 atom stereocenters. The molecule has 3 rings (SSSR count). The van der Waals surface area contributed by atoms with E-state index in [-0.39, 0.29) is 31.3 Å². The summed E-state index contributed by atoms with van der Waals surface area (Å²) in [5.74, 6) is -0.349. The van der Waals surface area contributed by atoms with Crippen molar-refractivity contribution in [1.29, 1.82) is 0 Å². The van der Waals surface area contributed by atoms with Gasteiger partial charge < -0.3 is 24.8 Å². The van der Waals surface area contributed by atoms with Gasteiger partial charge in [0.2, 0.25) is 0 Å². The summed E-state index contributed by atoms with van der Waals surface area (Å²) in [6, 6.07) is 19.6. The van der Waals surface area contributed by atoms with Gasteiger partial charge in [0.05, 0.1) is 20.6 Å². The van der Waals surface area contributed by atoms with Crippen molar-refractivity contribution >= 4 is 17.8 Å². The number of hydrogen-bond donors (Lipinski definition) is 2. The van der Waals surface area contributed by atoms with Crippen LogP contribution in [0.3, 0.4) is 0 Å². The number of nitrogens with zero attached hydrogens (tertiary/aromatic N) is 1. The molecule has 0 fully saturated rings. The predicted molar refractivity (Wildman–Crippen MR) is 146 cm³/mol. The Hall–Kier alpha value is -4.59. The standard InChI is InChI=1S/C30H32N2O6/c1-4-15-31-29(35)26-11-7-5-9-24(26)25-10-6-8-12-27(25)30(36)32(17-14-28(33)34)16-13-21-18-22(37-2)20-23(19-21)38-3/h4-12,18-20H,1,13-17H2,2-3H3,(H,31,35)(H,33,34). The Balaban J connectivity index is 1.95. The first-order chi connectivity index (χ1) is 18.4. The van der Waals surface area contributed by atoms with Crippen LogP contribution in [0, 0.1) is 0 Å². The Morgan fingerprint density at radius 1 is 0.895 bits per heavy atom. The molecule has 2 N–H and O–H groups in total. The number of aliphatic carboxylic acids is 1. The summed E-state index contributed by atoms with van der Waals surface area (Å²) in [7, 11) is 3.13. The quantitative estimate of drug-likeness (QED) is 0.325. The maximum absolute atomic E-state index is 13.8. The zero-order valence-electron chi connectivity index (χ0n) is 21.6. The van der Waals surface area contributed by atoms with E-state index in [1.807, 2.05) is 12.1 Å². The van der Waals surface area contributed by atoms with Crippen molar-refractivity contribution in [3.05, 3.63) is 96.1 Å². The molecular formula is C30H32N2O6. The van der Waals surface area contributed by atoms with Crippen LogP contribution in [0.5, 0.6) is 11.5 Å². The fourth-order valence-electron chi connectivity index (χ4n) is 4.07. The van der Waals surface area contributed by atoms with Gasteiger partial charge in [0, 0.05) is 36.8 Å². The van der Waals surface area contributed by atoms with Crippen molar-refractivity contribution in [3.8, 4) is 22.6 Å². The SMILES string of the molecule is C=CCNC(=O)c1ccccc1-c1ccccc1C(=O)N(CCC(=O)O)CCc1cc(OC)cc(OC)c1. The second kappa shape index (κ2) is 13.6. The number of methoxy groups -OCH3 is 2. The molecule has 0 bridgehead atoms. The van der Waals surface area contributed by atoms with Gasteiger partial charge in [-0.25, -0.2) is 0 Å². The molecule has 198 valence electrons. The lowest BCUT2D eigenvalue weighted by Crippen LogP contribution is -2.35. The Morgan fingerprint density at radius 3 is 2.05 bits per heavy atom. The number of hydrogen-bond acceptors (Lipinski definition) is 5. The van der Waals surface area contributed by atoms with Crippen molar-refractivity contribution in [2.24, 2.45) is 0 Å². The largest absolute Gasteiger partial charge is 0.497 e. The highest BCUT2D eigenvalue weighted by molar-refractivity contribution is 6.06. The average molecular weight is 517 g/mol. The number of rotatable bonds is 13. The third kappa shape index (κ3) is 7.22. The van der Waals surface area contributed by atoms with E-state index in [2.05, 4.69) is 11.9 Å². The lowest BCUT2D eigenvalue weighted by atomic mass is 9.94. The lowest BCUT2D eigenvalue weighted by molar-refractivity contribution is -0.137. The van der Waals surface area contributed by atoms with Crippen LogP contribution >= 0.6 is 0 Å². The number of amides is 2. The van der Waals surface area contributed by atoms with Gasteiger partial charge in [-0.15, -0.1) is 6.58 Å². The van der Waals surface area contributed by atoms with Crippen molar-refractivity contribution in [2.75, 3.05) is 33.9 Å². The monoisotopic (exact) mass is 516 g/mol. The molecule has 0 aromatic heterocycles. The number of carboxylic acids is 1. The van der Waals surface area contributed by atoms with Crippen LogP contribution in [-0.2, 0) is 11.2 Å². The maximum Gasteiger partial charge on any atom is 0.305 e. The van der Waals surface area contributed by atoms with Gasteiger partial charge in [0.1, 0.15) is 11.5 Å². The van der Waals surface area contributed by atoms with Crippen LogP contribution < -0.4 is 14.8 Å². The molecule has 38 heavy (non-hydrogen) atoms. The van der Waals surface area contributed by atoms with E-state index in [1.165, 1.54) is 4.90 Å². The van der Waals surface area contributed by atoms with Gasteiger partial charge in [0.25, 0.3) is 11.8 Å². The highest BCUT2D eigenvalue weighted by atomic mass is 16.5. The number of ether oxygens (including phenoxy) is 2. The number of benzene rings is 3. The van der Waals surface area contributed by atoms with E-state index in [1.54, 1.807) is 74.9 Å². The molecule has 8 heteroatoms. The van der Waals surface area contributed by atoms with Gasteiger partial charge >= 0.3 is 5.97 Å². The topological polar surface area (TPSA) is 105 Å². The Kier molecular flexibility index (Phi) is 10.0. The fraction of sp³-hybridized carbons (Fsp3) is 0.233.